The van der Waals surface area contributed by atoms with Gasteiger partial charge in [-0.1, -0.05) is 44.9 Å². The molecule has 2 aliphatic rings. The van der Waals surface area contributed by atoms with Crippen LogP contribution in [0.4, 0.5) is 0 Å². The molecule has 0 unspecified atom stereocenters. The Balaban J connectivity index is 1.52. The smallest absolute Gasteiger partial charge is 0.244 e. The van der Waals surface area contributed by atoms with Crippen LogP contribution in [0.3, 0.4) is 0 Å². The third-order valence-electron chi connectivity index (χ3n) is 6.07. The van der Waals surface area contributed by atoms with Crippen LogP contribution in [0.25, 0.3) is 0 Å². The van der Waals surface area contributed by atoms with E-state index >= 15 is 0 Å². The lowest BCUT2D eigenvalue weighted by Gasteiger charge is -2.34. The van der Waals surface area contributed by atoms with Crippen LogP contribution >= 0.6 is 11.8 Å². The molecule has 6 nitrogen and oxygen atoms in total. The lowest BCUT2D eigenvalue weighted by atomic mass is 9.78. The van der Waals surface area contributed by atoms with Crippen molar-refractivity contribution in [2.45, 2.75) is 68.3 Å². The van der Waals surface area contributed by atoms with Crippen molar-refractivity contribution in [2.75, 3.05) is 18.8 Å². The van der Waals surface area contributed by atoms with Crippen molar-refractivity contribution in [1.82, 2.24) is 14.6 Å². The van der Waals surface area contributed by atoms with Crippen LogP contribution in [0.15, 0.2) is 28.3 Å². The van der Waals surface area contributed by atoms with Gasteiger partial charge in [0.25, 0.3) is 0 Å². The number of pyridine rings is 1. The Bertz CT molecular complexity index is 761. The van der Waals surface area contributed by atoms with Crippen LogP contribution < -0.4 is 5.32 Å². The Morgan fingerprint density at radius 1 is 1.18 bits per heavy atom. The predicted octanol–water partition coefficient (Wildman–Crippen LogP) is 3.29. The number of hydrogen-bond acceptors (Lipinski definition) is 5. The molecule has 0 bridgehead atoms. The molecule has 8 heteroatoms. The summed E-state index contributed by atoms with van der Waals surface area (Å²) >= 11 is 1.34. The summed E-state index contributed by atoms with van der Waals surface area (Å²) in [5.74, 6) is 1.45. The maximum Gasteiger partial charge on any atom is 0.244 e. The van der Waals surface area contributed by atoms with Gasteiger partial charge in [-0.05, 0) is 43.2 Å². The highest BCUT2D eigenvalue weighted by Gasteiger charge is 2.28. The molecule has 1 aliphatic carbocycles. The average molecular weight is 426 g/mol. The normalized spacial score (nSPS) is 26.7. The molecule has 156 valence electrons. The third kappa shape index (κ3) is 5.27. The van der Waals surface area contributed by atoms with Crippen LogP contribution in [0.5, 0.6) is 0 Å². The first-order chi connectivity index (χ1) is 13.4. The number of thioether (sulfide) groups is 1. The second-order valence-corrected chi connectivity index (χ2v) is 11.0. The zero-order valence-electron chi connectivity index (χ0n) is 16.8. The number of nitrogens with zero attached hydrogens (tertiary/aromatic N) is 2. The molecule has 1 saturated heterocycles. The highest BCUT2D eigenvalue weighted by molar-refractivity contribution is 7.99. The van der Waals surface area contributed by atoms with Gasteiger partial charge < -0.3 is 5.32 Å². The van der Waals surface area contributed by atoms with E-state index in [-0.39, 0.29) is 16.8 Å². The molecular weight excluding hydrogens is 394 g/mol. The van der Waals surface area contributed by atoms with Gasteiger partial charge >= 0.3 is 0 Å². The van der Waals surface area contributed by atoms with Gasteiger partial charge in [0.1, 0.15) is 4.90 Å². The Hall–Kier alpha value is -1.12. The molecule has 2 fully saturated rings. The summed E-state index contributed by atoms with van der Waals surface area (Å²) in [6.45, 7) is 5.63. The summed E-state index contributed by atoms with van der Waals surface area (Å²) < 4.78 is 26.9. The minimum absolute atomic E-state index is 0.0164. The van der Waals surface area contributed by atoms with E-state index < -0.39 is 10.0 Å². The largest absolute Gasteiger partial charge is 0.352 e. The molecule has 28 heavy (non-hydrogen) atoms. The first kappa shape index (κ1) is 21.6. The number of sulfonamides is 1. The molecule has 0 aromatic carbocycles. The highest BCUT2D eigenvalue weighted by Crippen LogP contribution is 2.29. The van der Waals surface area contributed by atoms with Gasteiger partial charge in [-0.3, -0.25) is 4.79 Å². The number of carbonyl (C=O) groups excluding carboxylic acids is 1. The number of nitrogens with one attached hydrogen (secondary N) is 1. The highest BCUT2D eigenvalue weighted by atomic mass is 32.2. The minimum Gasteiger partial charge on any atom is -0.352 e. The monoisotopic (exact) mass is 425 g/mol. The average Bonchev–Trinajstić information content (AvgIpc) is 2.71. The Morgan fingerprint density at radius 3 is 2.61 bits per heavy atom. The SMILES string of the molecule is C[C@@H]1[C@H](C)CCC[C@H]1NC(=O)CSc1ccc(S(=O)(=O)N2CCCCC2)cn1. The first-order valence-corrected chi connectivity index (χ1v) is 12.7. The van der Waals surface area contributed by atoms with Crippen LogP contribution in [-0.4, -0.2) is 48.5 Å². The molecular formula is C20H31N3O3S2. The van der Waals surface area contributed by atoms with Crippen molar-refractivity contribution in [1.29, 1.82) is 0 Å². The van der Waals surface area contributed by atoms with Crippen LogP contribution in [0, 0.1) is 11.8 Å². The van der Waals surface area contributed by atoms with Crippen molar-refractivity contribution in [2.24, 2.45) is 11.8 Å². The van der Waals surface area contributed by atoms with Crippen molar-refractivity contribution < 1.29 is 13.2 Å². The van der Waals surface area contributed by atoms with Gasteiger partial charge in [0.2, 0.25) is 15.9 Å². The van der Waals surface area contributed by atoms with Crippen LogP contribution in [-0.2, 0) is 14.8 Å². The minimum atomic E-state index is -3.46. The van der Waals surface area contributed by atoms with Crippen LogP contribution in [0.2, 0.25) is 0 Å². The number of amides is 1. The van der Waals surface area contributed by atoms with E-state index in [4.69, 9.17) is 0 Å². The molecule has 1 aliphatic heterocycles. The van der Waals surface area contributed by atoms with Crippen LogP contribution in [0.1, 0.15) is 52.4 Å². The second-order valence-electron chi connectivity index (χ2n) is 8.03. The summed E-state index contributed by atoms with van der Waals surface area (Å²) in [5, 5.41) is 3.82. The lowest BCUT2D eigenvalue weighted by molar-refractivity contribution is -0.120. The van der Waals surface area contributed by atoms with Gasteiger partial charge in [0.05, 0.1) is 10.8 Å². The predicted molar refractivity (Wildman–Crippen MR) is 112 cm³/mol. The number of aromatic nitrogens is 1. The van der Waals surface area contributed by atoms with E-state index in [1.165, 1.54) is 24.4 Å². The quantitative estimate of drug-likeness (QED) is 0.708. The standard InChI is InChI=1S/C20H31N3O3S2/c1-15-7-6-8-18(16(15)2)22-19(24)14-27-20-10-9-17(13-21-20)28(25,26)23-11-4-3-5-12-23/h9-10,13,15-16,18H,3-8,11-12,14H2,1-2H3,(H,22,24)/t15-,16-,18-/m1/s1. The number of carbonyl (C=O) groups is 1. The van der Waals surface area contributed by atoms with Gasteiger partial charge in [0.15, 0.2) is 0 Å². The topological polar surface area (TPSA) is 79.4 Å². The zero-order chi connectivity index (χ0) is 20.1. The maximum absolute atomic E-state index is 12.7. The molecule has 1 amide bonds. The zero-order valence-corrected chi connectivity index (χ0v) is 18.4. The van der Waals surface area contributed by atoms with Gasteiger partial charge in [-0.15, -0.1) is 0 Å². The maximum atomic E-state index is 12.7. The lowest BCUT2D eigenvalue weighted by Crippen LogP contribution is -2.44. The number of hydrogen-bond donors (Lipinski definition) is 1. The van der Waals surface area contributed by atoms with Crippen molar-refractivity contribution in [3.05, 3.63) is 18.3 Å². The number of rotatable bonds is 6. The Labute approximate surface area is 172 Å². The van der Waals surface area contributed by atoms with E-state index in [0.29, 0.717) is 35.7 Å². The van der Waals surface area contributed by atoms with E-state index in [2.05, 4.69) is 24.1 Å². The van der Waals surface area contributed by atoms with E-state index in [1.807, 2.05) is 0 Å². The Kier molecular flexibility index (Phi) is 7.39. The Morgan fingerprint density at radius 2 is 1.93 bits per heavy atom. The van der Waals surface area contributed by atoms with E-state index in [1.54, 1.807) is 16.4 Å². The third-order valence-corrected chi connectivity index (χ3v) is 8.89. The van der Waals surface area contributed by atoms with Gasteiger partial charge in [-0.25, -0.2) is 13.4 Å². The fourth-order valence-electron chi connectivity index (χ4n) is 4.03. The summed E-state index contributed by atoms with van der Waals surface area (Å²) in [6.07, 6.45) is 7.76. The first-order valence-electron chi connectivity index (χ1n) is 10.3. The van der Waals surface area contributed by atoms with Gasteiger partial charge in [0, 0.05) is 25.3 Å². The van der Waals surface area contributed by atoms with Crippen molar-refractivity contribution in [3.63, 3.8) is 0 Å². The second kappa shape index (κ2) is 9.59. The molecule has 1 aromatic rings. The fraction of sp³-hybridized carbons (Fsp3) is 0.700. The molecule has 0 radical (unpaired) electrons. The molecule has 1 N–H and O–H groups in total. The number of piperidine rings is 1. The fourth-order valence-corrected chi connectivity index (χ4v) is 6.15. The van der Waals surface area contributed by atoms with E-state index in [0.717, 1.165) is 32.1 Å². The molecule has 1 aromatic heterocycles. The van der Waals surface area contributed by atoms with Crippen molar-refractivity contribution >= 4 is 27.7 Å². The summed E-state index contributed by atoms with van der Waals surface area (Å²) in [5.41, 5.74) is 0. The summed E-state index contributed by atoms with van der Waals surface area (Å²) in [6, 6.07) is 3.55. The van der Waals surface area contributed by atoms with Gasteiger partial charge in [-0.2, -0.15) is 4.31 Å². The molecule has 3 atom stereocenters. The van der Waals surface area contributed by atoms with E-state index in [9.17, 15) is 13.2 Å². The molecule has 2 heterocycles. The molecule has 3 rings (SSSR count). The summed E-state index contributed by atoms with van der Waals surface area (Å²) in [4.78, 5) is 16.8. The molecule has 1 saturated carbocycles. The molecule has 0 spiro atoms. The van der Waals surface area contributed by atoms with Crippen molar-refractivity contribution in [3.8, 4) is 0 Å². The summed E-state index contributed by atoms with van der Waals surface area (Å²) in [7, 11) is -3.46.